The van der Waals surface area contributed by atoms with E-state index in [-0.39, 0.29) is 16.6 Å². The number of hydrogen-bond acceptors (Lipinski definition) is 4. The number of carbonyl (C=O) groups is 1. The van der Waals surface area contributed by atoms with E-state index in [9.17, 15) is 26.4 Å². The Morgan fingerprint density at radius 1 is 0.969 bits per heavy atom. The molecule has 0 fully saturated rings. The van der Waals surface area contributed by atoms with Gasteiger partial charge in [0.2, 0.25) is 0 Å². The van der Waals surface area contributed by atoms with Crippen LogP contribution in [0.3, 0.4) is 0 Å². The van der Waals surface area contributed by atoms with Crippen LogP contribution >= 0.6 is 0 Å². The maximum atomic E-state index is 13.1. The van der Waals surface area contributed by atoms with Crippen molar-refractivity contribution in [1.82, 2.24) is 0 Å². The minimum Gasteiger partial charge on any atom is -0.457 e. The quantitative estimate of drug-likeness (QED) is 0.542. The molecule has 0 radical (unpaired) electrons. The molecule has 1 aliphatic rings. The van der Waals surface area contributed by atoms with Crippen LogP contribution in [-0.4, -0.2) is 27.1 Å². The van der Waals surface area contributed by atoms with E-state index in [0.717, 1.165) is 18.4 Å². The molecule has 4 rings (SSSR count). The van der Waals surface area contributed by atoms with E-state index >= 15 is 0 Å². The van der Waals surface area contributed by atoms with Gasteiger partial charge in [-0.15, -0.1) is 0 Å². The Morgan fingerprint density at radius 2 is 1.66 bits per heavy atom. The largest absolute Gasteiger partial charge is 0.457 e. The fourth-order valence-corrected chi connectivity index (χ4v) is 4.22. The number of ether oxygens (including phenoxy) is 1. The highest BCUT2D eigenvalue weighted by Gasteiger charge is 2.31. The van der Waals surface area contributed by atoms with Crippen molar-refractivity contribution in [3.05, 3.63) is 83.4 Å². The summed E-state index contributed by atoms with van der Waals surface area (Å²) in [4.78, 5) is 14.8. The van der Waals surface area contributed by atoms with Gasteiger partial charge in [-0.25, -0.2) is 8.42 Å². The van der Waals surface area contributed by atoms with Gasteiger partial charge in [-0.3, -0.25) is 4.79 Å². The summed E-state index contributed by atoms with van der Waals surface area (Å²) < 4.78 is 67.8. The third-order valence-corrected chi connectivity index (χ3v) is 6.27. The molecule has 0 N–H and O–H groups in total. The highest BCUT2D eigenvalue weighted by molar-refractivity contribution is 7.90. The molecule has 0 saturated carbocycles. The summed E-state index contributed by atoms with van der Waals surface area (Å²) in [6, 6.07) is 15.4. The molecule has 3 aromatic carbocycles. The Labute approximate surface area is 183 Å². The Hall–Kier alpha value is -3.33. The molecular weight excluding hydrogens is 443 g/mol. The molecular formula is C23H18F3NO4S. The topological polar surface area (TPSA) is 63.7 Å². The molecule has 0 atom stereocenters. The van der Waals surface area contributed by atoms with Crippen molar-refractivity contribution in [2.24, 2.45) is 0 Å². The second-order valence-electron chi connectivity index (χ2n) is 7.38. The fourth-order valence-electron chi connectivity index (χ4n) is 3.56. The number of alkyl halides is 3. The Morgan fingerprint density at radius 3 is 2.31 bits per heavy atom. The summed E-state index contributed by atoms with van der Waals surface area (Å²) in [7, 11) is -3.42. The predicted octanol–water partition coefficient (Wildman–Crippen LogP) is 5.10. The zero-order chi connectivity index (χ0) is 23.1. The molecule has 0 spiro atoms. The van der Waals surface area contributed by atoms with Crippen LogP contribution in [0.5, 0.6) is 11.5 Å². The van der Waals surface area contributed by atoms with E-state index in [4.69, 9.17) is 4.74 Å². The molecule has 0 bridgehead atoms. The minimum absolute atomic E-state index is 0.119. The van der Waals surface area contributed by atoms with E-state index in [1.54, 1.807) is 30.3 Å². The molecule has 3 aromatic rings. The number of sulfone groups is 1. The first-order chi connectivity index (χ1) is 15.0. The minimum atomic E-state index is -4.44. The fraction of sp³-hybridized carbons (Fsp3) is 0.174. The van der Waals surface area contributed by atoms with E-state index in [0.29, 0.717) is 35.5 Å². The average Bonchev–Trinajstić information content (AvgIpc) is 2.74. The maximum Gasteiger partial charge on any atom is 0.416 e. The first-order valence-corrected chi connectivity index (χ1v) is 11.5. The summed E-state index contributed by atoms with van der Waals surface area (Å²) >= 11 is 0. The molecule has 0 aliphatic carbocycles. The molecule has 0 aromatic heterocycles. The first-order valence-electron chi connectivity index (χ1n) is 9.63. The lowest BCUT2D eigenvalue weighted by atomic mass is 9.97. The zero-order valence-electron chi connectivity index (χ0n) is 16.9. The van der Waals surface area contributed by atoms with Crippen molar-refractivity contribution in [2.45, 2.75) is 17.5 Å². The summed E-state index contributed by atoms with van der Waals surface area (Å²) in [6.07, 6.45) is -2.90. The SMILES string of the molecule is CS(=O)(=O)c1cccc(N2CCc3c(Oc4ccc(C(F)(F)F)cc4)cccc3C2=O)c1. The van der Waals surface area contributed by atoms with Crippen LogP contribution in [0.2, 0.25) is 0 Å². The summed E-state index contributed by atoms with van der Waals surface area (Å²) in [5.74, 6) is 0.303. The molecule has 1 heterocycles. The summed E-state index contributed by atoms with van der Waals surface area (Å²) in [5, 5.41) is 0. The molecule has 1 aliphatic heterocycles. The number of rotatable bonds is 4. The van der Waals surface area contributed by atoms with Gasteiger partial charge in [0, 0.05) is 29.6 Å². The van der Waals surface area contributed by atoms with Crippen LogP contribution < -0.4 is 9.64 Å². The lowest BCUT2D eigenvalue weighted by Crippen LogP contribution is -2.37. The smallest absolute Gasteiger partial charge is 0.416 e. The van der Waals surface area contributed by atoms with Crippen LogP contribution in [0.4, 0.5) is 18.9 Å². The van der Waals surface area contributed by atoms with Gasteiger partial charge in [0.25, 0.3) is 5.91 Å². The van der Waals surface area contributed by atoms with E-state index in [1.165, 1.54) is 29.2 Å². The Balaban J connectivity index is 1.62. The van der Waals surface area contributed by atoms with Crippen LogP contribution in [0.15, 0.2) is 71.6 Å². The van der Waals surface area contributed by atoms with Crippen molar-refractivity contribution < 1.29 is 31.1 Å². The number of halogens is 3. The molecule has 32 heavy (non-hydrogen) atoms. The van der Waals surface area contributed by atoms with E-state index in [2.05, 4.69) is 0 Å². The lowest BCUT2D eigenvalue weighted by Gasteiger charge is -2.30. The van der Waals surface area contributed by atoms with E-state index in [1.807, 2.05) is 0 Å². The van der Waals surface area contributed by atoms with Gasteiger partial charge in [0.15, 0.2) is 9.84 Å². The second kappa shape index (κ2) is 7.98. The average molecular weight is 461 g/mol. The number of nitrogens with zero attached hydrogens (tertiary/aromatic N) is 1. The van der Waals surface area contributed by atoms with Gasteiger partial charge in [-0.1, -0.05) is 12.1 Å². The number of hydrogen-bond donors (Lipinski definition) is 0. The maximum absolute atomic E-state index is 13.1. The number of amides is 1. The summed E-state index contributed by atoms with van der Waals surface area (Å²) in [5.41, 5.74) is 0.734. The van der Waals surface area contributed by atoms with Crippen LogP contribution in [-0.2, 0) is 22.4 Å². The van der Waals surface area contributed by atoms with Crippen molar-refractivity contribution >= 4 is 21.4 Å². The number of benzene rings is 3. The van der Waals surface area contributed by atoms with Crippen LogP contribution in [0.25, 0.3) is 0 Å². The molecule has 9 heteroatoms. The highest BCUT2D eigenvalue weighted by Crippen LogP contribution is 2.35. The third kappa shape index (κ3) is 4.34. The molecule has 166 valence electrons. The van der Waals surface area contributed by atoms with Crippen LogP contribution in [0, 0.1) is 0 Å². The Kier molecular flexibility index (Phi) is 5.46. The van der Waals surface area contributed by atoms with Gasteiger partial charge >= 0.3 is 6.18 Å². The van der Waals surface area contributed by atoms with E-state index < -0.39 is 21.6 Å². The first kappa shape index (κ1) is 21.9. The Bertz CT molecular complexity index is 1290. The van der Waals surface area contributed by atoms with Crippen molar-refractivity contribution in [2.75, 3.05) is 17.7 Å². The van der Waals surface area contributed by atoms with Gasteiger partial charge in [0.05, 0.1) is 10.5 Å². The number of fused-ring (bicyclic) bond motifs is 1. The van der Waals surface area contributed by atoms with Gasteiger partial charge in [-0.05, 0) is 61.0 Å². The lowest BCUT2D eigenvalue weighted by molar-refractivity contribution is -0.137. The van der Waals surface area contributed by atoms with Gasteiger partial charge in [-0.2, -0.15) is 13.2 Å². The predicted molar refractivity (Wildman–Crippen MR) is 113 cm³/mol. The number of carbonyl (C=O) groups excluding carboxylic acids is 1. The van der Waals surface area contributed by atoms with Gasteiger partial charge in [0.1, 0.15) is 11.5 Å². The second-order valence-corrected chi connectivity index (χ2v) is 9.40. The van der Waals surface area contributed by atoms with Crippen molar-refractivity contribution in [3.8, 4) is 11.5 Å². The monoisotopic (exact) mass is 461 g/mol. The van der Waals surface area contributed by atoms with Crippen molar-refractivity contribution in [1.29, 1.82) is 0 Å². The summed E-state index contributed by atoms with van der Waals surface area (Å²) in [6.45, 7) is 0.298. The standard InChI is InChI=1S/C23H18F3NO4S/c1-32(29,30)18-5-2-4-16(14-18)27-13-12-19-20(22(27)28)6-3-7-21(19)31-17-10-8-15(9-11-17)23(24,25)26/h2-11,14H,12-13H2,1H3. The molecule has 0 unspecified atom stereocenters. The molecule has 5 nitrogen and oxygen atoms in total. The third-order valence-electron chi connectivity index (χ3n) is 5.16. The van der Waals surface area contributed by atoms with Crippen molar-refractivity contribution in [3.63, 3.8) is 0 Å². The zero-order valence-corrected chi connectivity index (χ0v) is 17.7. The normalized spacial score (nSPS) is 14.2. The van der Waals surface area contributed by atoms with Crippen LogP contribution in [0.1, 0.15) is 21.5 Å². The molecule has 0 saturated heterocycles. The molecule has 1 amide bonds. The van der Waals surface area contributed by atoms with Gasteiger partial charge < -0.3 is 9.64 Å². The highest BCUT2D eigenvalue weighted by atomic mass is 32.2. The number of anilines is 1.